The molecule has 0 saturated carbocycles. The molecule has 0 aromatic heterocycles. The number of carbonyl (C=O) groups excluding carboxylic acids is 1. The summed E-state index contributed by atoms with van der Waals surface area (Å²) in [4.78, 5) is 10.9. The minimum atomic E-state index is -0.120. The summed E-state index contributed by atoms with van der Waals surface area (Å²) in [6, 6.07) is 8.64. The van der Waals surface area contributed by atoms with Gasteiger partial charge in [0.25, 0.3) is 0 Å². The maximum atomic E-state index is 10.9. The lowest BCUT2D eigenvalue weighted by molar-refractivity contribution is -0.143. The van der Waals surface area contributed by atoms with E-state index in [4.69, 9.17) is 4.74 Å². The van der Waals surface area contributed by atoms with Gasteiger partial charge in [-0.2, -0.15) is 0 Å². The van der Waals surface area contributed by atoms with E-state index in [1.54, 1.807) is 6.92 Å². The van der Waals surface area contributed by atoms with Gasteiger partial charge in [0.05, 0.1) is 6.61 Å². The molecule has 0 fully saturated rings. The van der Waals surface area contributed by atoms with Crippen LogP contribution >= 0.6 is 0 Å². The highest BCUT2D eigenvalue weighted by Crippen LogP contribution is 2.04. The van der Waals surface area contributed by atoms with E-state index in [0.29, 0.717) is 13.0 Å². The van der Waals surface area contributed by atoms with Gasteiger partial charge in [-0.3, -0.25) is 4.79 Å². The maximum Gasteiger partial charge on any atom is 0.305 e. The molecule has 0 unspecified atom stereocenters. The van der Waals surface area contributed by atoms with Crippen LogP contribution in [0.15, 0.2) is 24.3 Å². The molecule has 1 rings (SSSR count). The van der Waals surface area contributed by atoms with Gasteiger partial charge in [0.15, 0.2) is 0 Å². The summed E-state index contributed by atoms with van der Waals surface area (Å²) < 4.78 is 4.99. The highest BCUT2D eigenvalue weighted by molar-refractivity contribution is 5.68. The van der Waals surface area contributed by atoms with Crippen molar-refractivity contribution in [2.75, 3.05) is 13.2 Å². The van der Waals surface area contributed by atoms with Gasteiger partial charge in [-0.15, -0.1) is 0 Å². The van der Waals surface area contributed by atoms with Crippen LogP contribution in [0.1, 0.15) is 37.8 Å². The van der Waals surface area contributed by atoms with Crippen LogP contribution in [-0.4, -0.2) is 19.1 Å². The van der Waals surface area contributed by atoms with Crippen LogP contribution in [0.2, 0.25) is 0 Å². The summed E-state index contributed by atoms with van der Waals surface area (Å²) in [5, 5.41) is 3.34. The van der Waals surface area contributed by atoms with E-state index in [0.717, 1.165) is 25.9 Å². The topological polar surface area (TPSA) is 38.3 Å². The molecule has 0 amide bonds. The highest BCUT2D eigenvalue weighted by Gasteiger charge is 1.97. The zero-order chi connectivity index (χ0) is 13.2. The van der Waals surface area contributed by atoms with Crippen molar-refractivity contribution >= 4 is 5.97 Å². The summed E-state index contributed by atoms with van der Waals surface area (Å²) in [7, 11) is 0. The van der Waals surface area contributed by atoms with E-state index < -0.39 is 0 Å². The summed E-state index contributed by atoms with van der Waals surface area (Å²) >= 11 is 0. The van der Waals surface area contributed by atoms with Gasteiger partial charge in [0.1, 0.15) is 0 Å². The molecule has 1 N–H and O–H groups in total. The molecule has 0 aliphatic rings. The molecule has 0 bridgehead atoms. The second-order valence-electron chi connectivity index (χ2n) is 4.27. The minimum absolute atomic E-state index is 0.120. The van der Waals surface area contributed by atoms with Crippen molar-refractivity contribution in [3.05, 3.63) is 35.4 Å². The van der Waals surface area contributed by atoms with Crippen LogP contribution in [0.25, 0.3) is 0 Å². The summed E-state index contributed by atoms with van der Waals surface area (Å²) in [5.41, 5.74) is 2.66. The molecule has 100 valence electrons. The maximum absolute atomic E-state index is 10.9. The molecule has 18 heavy (non-hydrogen) atoms. The fourth-order valence-corrected chi connectivity index (χ4v) is 1.61. The Morgan fingerprint density at radius 3 is 2.44 bits per heavy atom. The van der Waals surface area contributed by atoms with E-state index in [-0.39, 0.29) is 5.97 Å². The number of esters is 1. The van der Waals surface area contributed by atoms with E-state index in [2.05, 4.69) is 36.5 Å². The number of nitrogens with one attached hydrogen (secondary N) is 1. The van der Waals surface area contributed by atoms with Gasteiger partial charge >= 0.3 is 5.97 Å². The molecule has 0 aliphatic heterocycles. The quantitative estimate of drug-likeness (QED) is 0.568. The van der Waals surface area contributed by atoms with Crippen molar-refractivity contribution in [1.29, 1.82) is 0 Å². The summed E-state index contributed by atoms with van der Waals surface area (Å²) in [5.74, 6) is -0.120. The summed E-state index contributed by atoms with van der Waals surface area (Å²) in [6.07, 6.45) is 2.40. The molecule has 1 aromatic rings. The summed E-state index contributed by atoms with van der Waals surface area (Å²) in [6.45, 7) is 6.21. The zero-order valence-electron chi connectivity index (χ0n) is 11.4. The first-order valence-corrected chi connectivity index (χ1v) is 6.70. The van der Waals surface area contributed by atoms with Crippen LogP contribution < -0.4 is 5.32 Å². The molecule has 0 radical (unpaired) electrons. The van der Waals surface area contributed by atoms with Gasteiger partial charge < -0.3 is 10.1 Å². The lowest BCUT2D eigenvalue weighted by Gasteiger charge is -2.06. The van der Waals surface area contributed by atoms with Crippen LogP contribution in [0, 0.1) is 0 Å². The first-order valence-electron chi connectivity index (χ1n) is 6.70. The Morgan fingerprint density at radius 2 is 1.83 bits per heavy atom. The predicted octanol–water partition coefficient (Wildman–Crippen LogP) is 2.68. The van der Waals surface area contributed by atoms with Crippen molar-refractivity contribution in [2.45, 2.75) is 39.7 Å². The molecule has 3 heteroatoms. The predicted molar refractivity (Wildman–Crippen MR) is 73.4 cm³/mol. The molecular formula is C15H23NO2. The average Bonchev–Trinajstić information content (AvgIpc) is 2.43. The molecule has 0 spiro atoms. The molecule has 3 nitrogen and oxygen atoms in total. The van der Waals surface area contributed by atoms with Gasteiger partial charge in [0.2, 0.25) is 0 Å². The Balaban J connectivity index is 2.08. The number of hydrogen-bond donors (Lipinski definition) is 1. The average molecular weight is 249 g/mol. The van der Waals surface area contributed by atoms with Crippen LogP contribution in [0.4, 0.5) is 0 Å². The van der Waals surface area contributed by atoms with Gasteiger partial charge in [0, 0.05) is 13.0 Å². The second kappa shape index (κ2) is 8.70. The smallest absolute Gasteiger partial charge is 0.305 e. The van der Waals surface area contributed by atoms with Crippen LogP contribution in [0.3, 0.4) is 0 Å². The Morgan fingerprint density at radius 1 is 1.17 bits per heavy atom. The third kappa shape index (κ3) is 5.82. The van der Waals surface area contributed by atoms with E-state index in [9.17, 15) is 4.79 Å². The Kier molecular flexibility index (Phi) is 7.11. The van der Waals surface area contributed by atoms with E-state index in [1.807, 2.05) is 0 Å². The molecule has 0 aliphatic carbocycles. The Bertz CT molecular complexity index is 346. The van der Waals surface area contributed by atoms with Crippen LogP contribution in [0.5, 0.6) is 0 Å². The van der Waals surface area contributed by atoms with Gasteiger partial charge in [-0.05, 0) is 30.5 Å². The van der Waals surface area contributed by atoms with E-state index in [1.165, 1.54) is 11.1 Å². The third-order valence-electron chi connectivity index (χ3n) is 2.81. The van der Waals surface area contributed by atoms with Gasteiger partial charge in [-0.25, -0.2) is 0 Å². The van der Waals surface area contributed by atoms with E-state index >= 15 is 0 Å². The number of benzene rings is 1. The fourth-order valence-electron chi connectivity index (χ4n) is 1.61. The number of aryl methyl sites for hydroxylation is 1. The molecule has 0 heterocycles. The largest absolute Gasteiger partial charge is 0.466 e. The Hall–Kier alpha value is -1.35. The number of carbonyl (C=O) groups is 1. The molecule has 0 saturated heterocycles. The first-order chi connectivity index (χ1) is 8.76. The van der Waals surface area contributed by atoms with Crippen molar-refractivity contribution in [3.8, 4) is 0 Å². The minimum Gasteiger partial charge on any atom is -0.466 e. The number of hydrogen-bond acceptors (Lipinski definition) is 3. The third-order valence-corrected chi connectivity index (χ3v) is 2.81. The molecular weight excluding hydrogens is 226 g/mol. The normalized spacial score (nSPS) is 10.3. The number of rotatable bonds is 8. The zero-order valence-corrected chi connectivity index (χ0v) is 11.4. The van der Waals surface area contributed by atoms with Crippen LogP contribution in [-0.2, 0) is 22.5 Å². The second-order valence-corrected chi connectivity index (χ2v) is 4.27. The van der Waals surface area contributed by atoms with Crippen molar-refractivity contribution < 1.29 is 9.53 Å². The van der Waals surface area contributed by atoms with Crippen molar-refractivity contribution in [2.24, 2.45) is 0 Å². The monoisotopic (exact) mass is 249 g/mol. The van der Waals surface area contributed by atoms with Gasteiger partial charge in [-0.1, -0.05) is 38.1 Å². The lowest BCUT2D eigenvalue weighted by atomic mass is 10.1. The fraction of sp³-hybridized carbons (Fsp3) is 0.533. The number of ether oxygens (including phenoxy) is 1. The van der Waals surface area contributed by atoms with Crippen molar-refractivity contribution in [3.63, 3.8) is 0 Å². The molecule has 0 atom stereocenters. The van der Waals surface area contributed by atoms with Crippen molar-refractivity contribution in [1.82, 2.24) is 5.32 Å². The lowest BCUT2D eigenvalue weighted by Crippen LogP contribution is -2.17. The first kappa shape index (κ1) is 14.7. The SMILES string of the molecule is CCC(=O)OCCCNCc1ccc(CC)cc1. The Labute approximate surface area is 110 Å². The molecule has 1 aromatic carbocycles. The standard InChI is InChI=1S/C15H23NO2/c1-3-13-6-8-14(9-7-13)12-16-10-5-11-18-15(17)4-2/h6-9,16H,3-5,10-12H2,1-2H3. The highest BCUT2D eigenvalue weighted by atomic mass is 16.5.